The van der Waals surface area contributed by atoms with Gasteiger partial charge in [-0.15, -0.1) is 5.10 Å². The highest BCUT2D eigenvalue weighted by Crippen LogP contribution is 2.30. The number of fused-ring (bicyclic) bond motifs is 1. The standard InChI is InChI=1S/C14H13FN4O/c1-8-10(16)4-6-13(14(8)15)20-9-3-5-12-11(7-9)17-18-19(12)2/h3-7H,16H2,1-2H3. The predicted octanol–water partition coefficient (Wildman–Crippen LogP) is 2.79. The summed E-state index contributed by atoms with van der Waals surface area (Å²) in [7, 11) is 1.80. The average molecular weight is 272 g/mol. The van der Waals surface area contributed by atoms with Crippen molar-refractivity contribution in [2.24, 2.45) is 7.05 Å². The van der Waals surface area contributed by atoms with Crippen molar-refractivity contribution >= 4 is 16.7 Å². The fourth-order valence-electron chi connectivity index (χ4n) is 1.96. The fraction of sp³-hybridized carbons (Fsp3) is 0.143. The first-order valence-corrected chi connectivity index (χ1v) is 6.08. The van der Waals surface area contributed by atoms with Crippen molar-refractivity contribution in [1.29, 1.82) is 0 Å². The molecular formula is C14H13FN4O. The van der Waals surface area contributed by atoms with Crippen LogP contribution in [0.3, 0.4) is 0 Å². The number of anilines is 1. The summed E-state index contributed by atoms with van der Waals surface area (Å²) in [6, 6.07) is 8.42. The molecule has 0 unspecified atom stereocenters. The molecule has 1 aromatic heterocycles. The SMILES string of the molecule is Cc1c(N)ccc(Oc2ccc3c(c2)nnn3C)c1F. The Balaban J connectivity index is 1.99. The van der Waals surface area contributed by atoms with E-state index in [1.807, 2.05) is 6.07 Å². The largest absolute Gasteiger partial charge is 0.454 e. The molecule has 0 spiro atoms. The van der Waals surface area contributed by atoms with Crippen LogP contribution < -0.4 is 10.5 Å². The summed E-state index contributed by atoms with van der Waals surface area (Å²) < 4.78 is 21.2. The normalized spacial score (nSPS) is 10.9. The maximum absolute atomic E-state index is 14.0. The van der Waals surface area contributed by atoms with Crippen LogP contribution in [-0.2, 0) is 7.05 Å². The maximum atomic E-state index is 14.0. The number of nitrogens with two attached hydrogens (primary N) is 1. The van der Waals surface area contributed by atoms with Crippen molar-refractivity contribution < 1.29 is 9.13 Å². The van der Waals surface area contributed by atoms with E-state index >= 15 is 0 Å². The summed E-state index contributed by atoms with van der Waals surface area (Å²) in [6.07, 6.45) is 0. The third-order valence-corrected chi connectivity index (χ3v) is 3.20. The third kappa shape index (κ3) is 1.95. The van der Waals surface area contributed by atoms with Crippen LogP contribution >= 0.6 is 0 Å². The summed E-state index contributed by atoms with van der Waals surface area (Å²) in [6.45, 7) is 1.61. The second kappa shape index (κ2) is 4.48. The molecule has 0 aliphatic carbocycles. The zero-order chi connectivity index (χ0) is 14.3. The van der Waals surface area contributed by atoms with E-state index in [4.69, 9.17) is 10.5 Å². The molecule has 0 aliphatic rings. The van der Waals surface area contributed by atoms with Crippen molar-refractivity contribution in [1.82, 2.24) is 15.0 Å². The topological polar surface area (TPSA) is 66.0 Å². The van der Waals surface area contributed by atoms with Gasteiger partial charge in [0.1, 0.15) is 11.3 Å². The van der Waals surface area contributed by atoms with E-state index in [-0.39, 0.29) is 5.75 Å². The molecule has 6 heteroatoms. The van der Waals surface area contributed by atoms with E-state index in [0.717, 1.165) is 5.52 Å². The molecule has 0 fully saturated rings. The molecule has 0 saturated heterocycles. The Morgan fingerprint density at radius 3 is 2.85 bits per heavy atom. The molecule has 3 rings (SSSR count). The number of aryl methyl sites for hydroxylation is 1. The van der Waals surface area contributed by atoms with Gasteiger partial charge in [0.15, 0.2) is 11.6 Å². The van der Waals surface area contributed by atoms with Gasteiger partial charge in [0.25, 0.3) is 0 Å². The van der Waals surface area contributed by atoms with Gasteiger partial charge >= 0.3 is 0 Å². The number of hydrogen-bond donors (Lipinski definition) is 1. The monoisotopic (exact) mass is 272 g/mol. The van der Waals surface area contributed by atoms with E-state index in [1.54, 1.807) is 36.9 Å². The smallest absolute Gasteiger partial charge is 0.170 e. The zero-order valence-electron chi connectivity index (χ0n) is 11.1. The van der Waals surface area contributed by atoms with Crippen molar-refractivity contribution in [2.75, 3.05) is 5.73 Å². The van der Waals surface area contributed by atoms with Gasteiger partial charge in [-0.3, -0.25) is 0 Å². The van der Waals surface area contributed by atoms with E-state index in [2.05, 4.69) is 10.3 Å². The first-order valence-electron chi connectivity index (χ1n) is 6.08. The van der Waals surface area contributed by atoms with Gasteiger partial charge in [-0.2, -0.15) is 0 Å². The molecule has 0 amide bonds. The molecule has 20 heavy (non-hydrogen) atoms. The minimum atomic E-state index is -0.454. The molecule has 2 aromatic carbocycles. The number of nitrogens with zero attached hydrogens (tertiary/aromatic N) is 3. The summed E-state index contributed by atoms with van der Waals surface area (Å²) in [5.74, 6) is 0.185. The Morgan fingerprint density at radius 1 is 1.25 bits per heavy atom. The predicted molar refractivity (Wildman–Crippen MR) is 74.1 cm³/mol. The van der Waals surface area contributed by atoms with E-state index in [0.29, 0.717) is 22.5 Å². The Labute approximate surface area is 114 Å². The fourth-order valence-corrected chi connectivity index (χ4v) is 1.96. The highest BCUT2D eigenvalue weighted by molar-refractivity contribution is 5.76. The van der Waals surface area contributed by atoms with Crippen LogP contribution in [0.5, 0.6) is 11.5 Å². The van der Waals surface area contributed by atoms with Gasteiger partial charge in [0, 0.05) is 24.4 Å². The number of rotatable bonds is 2. The highest BCUT2D eigenvalue weighted by Gasteiger charge is 2.11. The van der Waals surface area contributed by atoms with Crippen LogP contribution in [0.25, 0.3) is 11.0 Å². The summed E-state index contributed by atoms with van der Waals surface area (Å²) >= 11 is 0. The van der Waals surface area contributed by atoms with Gasteiger partial charge in [0.2, 0.25) is 0 Å². The van der Waals surface area contributed by atoms with Crippen molar-refractivity contribution in [3.63, 3.8) is 0 Å². The Hall–Kier alpha value is -2.63. The maximum Gasteiger partial charge on any atom is 0.170 e. The van der Waals surface area contributed by atoms with Gasteiger partial charge in [0.05, 0.1) is 5.52 Å². The van der Waals surface area contributed by atoms with Crippen LogP contribution in [0.2, 0.25) is 0 Å². The molecule has 3 aromatic rings. The van der Waals surface area contributed by atoms with Crippen molar-refractivity contribution in [2.45, 2.75) is 6.92 Å². The van der Waals surface area contributed by atoms with Crippen LogP contribution in [0.4, 0.5) is 10.1 Å². The lowest BCUT2D eigenvalue weighted by atomic mass is 10.2. The first kappa shape index (κ1) is 12.4. The molecule has 0 bridgehead atoms. The van der Waals surface area contributed by atoms with Crippen molar-refractivity contribution in [3.05, 3.63) is 41.7 Å². The molecule has 5 nitrogen and oxygen atoms in total. The van der Waals surface area contributed by atoms with Gasteiger partial charge < -0.3 is 10.5 Å². The zero-order valence-corrected chi connectivity index (χ0v) is 11.1. The van der Waals surface area contributed by atoms with Gasteiger partial charge in [-0.25, -0.2) is 9.07 Å². The Bertz CT molecular complexity index is 797. The van der Waals surface area contributed by atoms with E-state index in [9.17, 15) is 4.39 Å². The number of benzene rings is 2. The lowest BCUT2D eigenvalue weighted by molar-refractivity contribution is 0.441. The molecule has 0 atom stereocenters. The molecule has 102 valence electrons. The number of nitrogen functional groups attached to an aromatic ring is 1. The molecule has 0 radical (unpaired) electrons. The van der Waals surface area contributed by atoms with Gasteiger partial charge in [-0.1, -0.05) is 5.21 Å². The lowest BCUT2D eigenvalue weighted by Crippen LogP contribution is -1.96. The number of hydrogen-bond acceptors (Lipinski definition) is 4. The molecule has 0 saturated carbocycles. The Morgan fingerprint density at radius 2 is 2.05 bits per heavy atom. The average Bonchev–Trinajstić information content (AvgIpc) is 2.81. The summed E-state index contributed by atoms with van der Waals surface area (Å²) in [4.78, 5) is 0. The van der Waals surface area contributed by atoms with Gasteiger partial charge in [-0.05, 0) is 31.2 Å². The number of halogens is 1. The molecule has 2 N–H and O–H groups in total. The van der Waals surface area contributed by atoms with Crippen LogP contribution in [0.1, 0.15) is 5.56 Å². The van der Waals surface area contributed by atoms with Crippen molar-refractivity contribution in [3.8, 4) is 11.5 Å². The quantitative estimate of drug-likeness (QED) is 0.728. The van der Waals surface area contributed by atoms with Crippen LogP contribution in [0.15, 0.2) is 30.3 Å². The second-order valence-corrected chi connectivity index (χ2v) is 4.56. The number of ether oxygens (including phenoxy) is 1. The molecule has 0 aliphatic heterocycles. The second-order valence-electron chi connectivity index (χ2n) is 4.56. The minimum absolute atomic E-state index is 0.139. The first-order chi connectivity index (χ1) is 9.56. The third-order valence-electron chi connectivity index (χ3n) is 3.20. The molecular weight excluding hydrogens is 259 g/mol. The van der Waals surface area contributed by atoms with E-state index < -0.39 is 5.82 Å². The number of aromatic nitrogens is 3. The lowest BCUT2D eigenvalue weighted by Gasteiger charge is -2.09. The summed E-state index contributed by atoms with van der Waals surface area (Å²) in [5.41, 5.74) is 8.00. The summed E-state index contributed by atoms with van der Waals surface area (Å²) in [5, 5.41) is 7.90. The Kier molecular flexibility index (Phi) is 2.78. The highest BCUT2D eigenvalue weighted by atomic mass is 19.1. The van der Waals surface area contributed by atoms with Crippen LogP contribution in [0, 0.1) is 12.7 Å². The molecule has 1 heterocycles. The van der Waals surface area contributed by atoms with E-state index in [1.165, 1.54) is 6.07 Å². The van der Waals surface area contributed by atoms with Crippen LogP contribution in [-0.4, -0.2) is 15.0 Å². The minimum Gasteiger partial charge on any atom is -0.454 e.